The molecular weight excluding hydrogens is 407 g/mol. The maximum absolute atomic E-state index is 11.6. The normalized spacial score (nSPS) is 10.3. The van der Waals surface area contributed by atoms with Crippen LogP contribution in [0.25, 0.3) is 0 Å². The van der Waals surface area contributed by atoms with Crippen molar-refractivity contribution in [1.82, 2.24) is 10.6 Å². The number of amides is 2. The van der Waals surface area contributed by atoms with Crippen LogP contribution in [0.2, 0.25) is 0 Å². The average molecular weight is 447 g/mol. The van der Waals surface area contributed by atoms with Gasteiger partial charge in [-0.05, 0) is 45.1 Å². The van der Waals surface area contributed by atoms with Crippen molar-refractivity contribution in [2.24, 2.45) is 11.5 Å². The van der Waals surface area contributed by atoms with Gasteiger partial charge in [-0.15, -0.1) is 24.8 Å². The standard InChI is InChI=1S/C18H38N4O4.2ClH/c1-3-5-12-21-16(23)25-14-9-18(20,8-7-11-19)10-15-26-17(24)22-13-6-4-2;;/h3-15,19-20H2,1-2H3,(H,21,23)(H,22,24);2*1H. The predicted octanol–water partition coefficient (Wildman–Crippen LogP) is 3.10. The zero-order valence-electron chi connectivity index (χ0n) is 17.3. The van der Waals surface area contributed by atoms with E-state index in [1.807, 2.05) is 0 Å². The van der Waals surface area contributed by atoms with Gasteiger partial charge in [0.05, 0.1) is 13.2 Å². The van der Waals surface area contributed by atoms with Crippen LogP contribution >= 0.6 is 24.8 Å². The van der Waals surface area contributed by atoms with Gasteiger partial charge in [0.15, 0.2) is 0 Å². The summed E-state index contributed by atoms with van der Waals surface area (Å²) in [6.45, 7) is 6.31. The van der Waals surface area contributed by atoms with Crippen molar-refractivity contribution in [2.45, 2.75) is 70.8 Å². The molecule has 0 aliphatic rings. The second kappa shape index (κ2) is 20.8. The quantitative estimate of drug-likeness (QED) is 0.286. The van der Waals surface area contributed by atoms with Crippen LogP contribution in [0.15, 0.2) is 0 Å². The topological polar surface area (TPSA) is 129 Å². The Labute approximate surface area is 182 Å². The Bertz CT molecular complexity index is 363. The summed E-state index contributed by atoms with van der Waals surface area (Å²) in [4.78, 5) is 23.1. The molecule has 0 saturated heterocycles. The van der Waals surface area contributed by atoms with Gasteiger partial charge in [-0.1, -0.05) is 26.7 Å². The van der Waals surface area contributed by atoms with Crippen LogP contribution < -0.4 is 22.1 Å². The summed E-state index contributed by atoms with van der Waals surface area (Å²) in [6.07, 6.45) is 5.46. The Morgan fingerprint density at radius 2 is 1.25 bits per heavy atom. The molecule has 170 valence electrons. The third kappa shape index (κ3) is 18.4. The summed E-state index contributed by atoms with van der Waals surface area (Å²) in [7, 11) is 0. The third-order valence-electron chi connectivity index (χ3n) is 4.14. The smallest absolute Gasteiger partial charge is 0.407 e. The van der Waals surface area contributed by atoms with Gasteiger partial charge >= 0.3 is 12.2 Å². The Morgan fingerprint density at radius 1 is 0.821 bits per heavy atom. The number of halogens is 2. The number of rotatable bonds is 15. The second-order valence-corrected chi connectivity index (χ2v) is 6.59. The maximum atomic E-state index is 11.6. The molecule has 0 rings (SSSR count). The van der Waals surface area contributed by atoms with Crippen LogP contribution in [0.1, 0.15) is 65.2 Å². The van der Waals surface area contributed by atoms with E-state index in [-0.39, 0.29) is 38.0 Å². The van der Waals surface area contributed by atoms with E-state index in [0.717, 1.165) is 32.1 Å². The van der Waals surface area contributed by atoms with E-state index >= 15 is 0 Å². The highest BCUT2D eigenvalue weighted by molar-refractivity contribution is 5.85. The molecule has 0 aromatic carbocycles. The lowest BCUT2D eigenvalue weighted by Gasteiger charge is -2.29. The highest BCUT2D eigenvalue weighted by Crippen LogP contribution is 2.19. The van der Waals surface area contributed by atoms with Gasteiger partial charge in [0.2, 0.25) is 0 Å². The first-order valence-electron chi connectivity index (χ1n) is 9.77. The fourth-order valence-electron chi connectivity index (χ4n) is 2.36. The number of unbranched alkanes of at least 4 members (excludes halogenated alkanes) is 2. The highest BCUT2D eigenvalue weighted by atomic mass is 35.5. The molecule has 0 aliphatic carbocycles. The number of carbonyl (C=O) groups excluding carboxylic acids is 2. The van der Waals surface area contributed by atoms with E-state index in [1.165, 1.54) is 0 Å². The summed E-state index contributed by atoms with van der Waals surface area (Å²) < 4.78 is 10.4. The van der Waals surface area contributed by atoms with Crippen LogP contribution in [0.3, 0.4) is 0 Å². The molecule has 8 nitrogen and oxygen atoms in total. The summed E-state index contributed by atoms with van der Waals surface area (Å²) in [5.41, 5.74) is 11.4. The predicted molar refractivity (Wildman–Crippen MR) is 117 cm³/mol. The Hall–Kier alpha value is -0.960. The number of hydrogen-bond donors (Lipinski definition) is 4. The van der Waals surface area contributed by atoms with Crippen LogP contribution in [0.4, 0.5) is 9.59 Å². The maximum Gasteiger partial charge on any atom is 0.407 e. The largest absolute Gasteiger partial charge is 0.449 e. The van der Waals surface area contributed by atoms with Crippen molar-refractivity contribution in [1.29, 1.82) is 0 Å². The van der Waals surface area contributed by atoms with Crippen molar-refractivity contribution in [2.75, 3.05) is 32.8 Å². The first-order chi connectivity index (χ1) is 12.5. The molecule has 0 bridgehead atoms. The minimum atomic E-state index is -0.577. The molecule has 0 spiro atoms. The first kappa shape index (κ1) is 31.7. The molecule has 0 unspecified atom stereocenters. The van der Waals surface area contributed by atoms with Gasteiger partial charge in [-0.25, -0.2) is 9.59 Å². The van der Waals surface area contributed by atoms with Crippen LogP contribution in [0, 0.1) is 0 Å². The summed E-state index contributed by atoms with van der Waals surface area (Å²) in [5.74, 6) is 0. The Kier molecular flexibility index (Phi) is 23.5. The Morgan fingerprint density at radius 3 is 1.61 bits per heavy atom. The zero-order valence-corrected chi connectivity index (χ0v) is 18.9. The third-order valence-corrected chi connectivity index (χ3v) is 4.14. The second-order valence-electron chi connectivity index (χ2n) is 6.59. The van der Waals surface area contributed by atoms with E-state index in [4.69, 9.17) is 20.9 Å². The van der Waals surface area contributed by atoms with Crippen molar-refractivity contribution in [3.05, 3.63) is 0 Å². The fraction of sp³-hybridized carbons (Fsp3) is 0.889. The lowest BCUT2D eigenvalue weighted by atomic mass is 9.88. The molecular formula is C18H40Cl2N4O4. The van der Waals surface area contributed by atoms with Gasteiger partial charge in [-0.3, -0.25) is 0 Å². The summed E-state index contributed by atoms with van der Waals surface area (Å²) in [6, 6.07) is 0. The number of alkyl carbamates (subject to hydrolysis) is 2. The number of ether oxygens (including phenoxy) is 2. The number of nitrogens with one attached hydrogen (secondary N) is 2. The van der Waals surface area contributed by atoms with E-state index in [9.17, 15) is 9.59 Å². The van der Waals surface area contributed by atoms with E-state index in [2.05, 4.69) is 24.5 Å². The van der Waals surface area contributed by atoms with Gasteiger partial charge in [-0.2, -0.15) is 0 Å². The van der Waals surface area contributed by atoms with Crippen LogP contribution in [0.5, 0.6) is 0 Å². The van der Waals surface area contributed by atoms with Crippen LogP contribution in [-0.2, 0) is 9.47 Å². The fourth-order valence-corrected chi connectivity index (χ4v) is 2.36. The molecule has 0 fully saturated rings. The number of nitrogens with two attached hydrogens (primary N) is 2. The van der Waals surface area contributed by atoms with Crippen molar-refractivity contribution in [3.63, 3.8) is 0 Å². The summed E-state index contributed by atoms with van der Waals surface area (Å²) >= 11 is 0. The van der Waals surface area contributed by atoms with E-state index in [1.54, 1.807) is 0 Å². The Balaban J connectivity index is -0.00000312. The van der Waals surface area contributed by atoms with Crippen molar-refractivity contribution < 1.29 is 19.1 Å². The molecule has 10 heteroatoms. The monoisotopic (exact) mass is 446 g/mol. The molecule has 0 aromatic rings. The average Bonchev–Trinajstić information content (AvgIpc) is 2.60. The van der Waals surface area contributed by atoms with E-state index in [0.29, 0.717) is 38.9 Å². The molecule has 0 aromatic heterocycles. The lowest BCUT2D eigenvalue weighted by Crippen LogP contribution is -2.43. The minimum absolute atomic E-state index is 0. The lowest BCUT2D eigenvalue weighted by molar-refractivity contribution is 0.115. The highest BCUT2D eigenvalue weighted by Gasteiger charge is 2.25. The van der Waals surface area contributed by atoms with Crippen LogP contribution in [-0.4, -0.2) is 50.6 Å². The molecule has 0 aliphatic heterocycles. The van der Waals surface area contributed by atoms with E-state index < -0.39 is 17.7 Å². The minimum Gasteiger partial charge on any atom is -0.449 e. The molecule has 0 radical (unpaired) electrons. The van der Waals surface area contributed by atoms with Crippen molar-refractivity contribution >= 4 is 37.0 Å². The summed E-state index contributed by atoms with van der Waals surface area (Å²) in [5, 5.41) is 5.39. The first-order valence-corrected chi connectivity index (χ1v) is 9.77. The van der Waals surface area contributed by atoms with Gasteiger partial charge in [0.25, 0.3) is 0 Å². The molecule has 2 amide bonds. The number of carbonyl (C=O) groups is 2. The van der Waals surface area contributed by atoms with Gasteiger partial charge < -0.3 is 31.6 Å². The molecule has 0 saturated carbocycles. The number of hydrogen-bond acceptors (Lipinski definition) is 6. The molecule has 28 heavy (non-hydrogen) atoms. The van der Waals surface area contributed by atoms with Crippen molar-refractivity contribution in [3.8, 4) is 0 Å². The molecule has 0 atom stereocenters. The van der Waals surface area contributed by atoms with Gasteiger partial charge in [0, 0.05) is 18.6 Å². The molecule has 0 heterocycles. The van der Waals surface area contributed by atoms with Gasteiger partial charge in [0.1, 0.15) is 0 Å². The molecule has 6 N–H and O–H groups in total. The SMILES string of the molecule is CCCCNC(=O)OCCC(N)(CCCN)CCOC(=O)NCCCC.Cl.Cl. The zero-order chi connectivity index (χ0) is 19.7.